The first kappa shape index (κ1) is 66.8. The lowest BCUT2D eigenvalue weighted by atomic mass is 10.0. The number of rotatable bonds is 52. The molecular formula is C64H111NO5. The van der Waals surface area contributed by atoms with Crippen LogP contribution in [-0.4, -0.2) is 46.9 Å². The summed E-state index contributed by atoms with van der Waals surface area (Å²) in [6.45, 7) is 6.36. The fourth-order valence-corrected chi connectivity index (χ4v) is 8.51. The van der Waals surface area contributed by atoms with Crippen molar-refractivity contribution in [1.82, 2.24) is 5.32 Å². The zero-order chi connectivity index (χ0) is 50.9. The molecule has 0 aliphatic carbocycles. The summed E-state index contributed by atoms with van der Waals surface area (Å²) in [5.74, 6) is -0.600. The Morgan fingerprint density at radius 3 is 1.24 bits per heavy atom. The molecule has 3 N–H and O–H groups in total. The SMILES string of the molecule is CC/C=C\C/C=C\C/C=C\C/C=C\C/C=C\C/C=C\CCC(=O)OC(CCCCC/C=C/C=C/CCCCCCCCC)CC(=O)NC(CO)C(O)CCCCCCCCCCCCCCCCCC. The number of aliphatic hydroxyl groups is 2. The van der Waals surface area contributed by atoms with Gasteiger partial charge in [0.15, 0.2) is 0 Å². The van der Waals surface area contributed by atoms with Gasteiger partial charge in [-0.15, -0.1) is 0 Å². The molecule has 3 unspecified atom stereocenters. The molecule has 6 nitrogen and oxygen atoms in total. The lowest BCUT2D eigenvalue weighted by Crippen LogP contribution is -2.46. The smallest absolute Gasteiger partial charge is 0.306 e. The molecule has 0 saturated carbocycles. The van der Waals surface area contributed by atoms with Crippen molar-refractivity contribution in [3.8, 4) is 0 Å². The van der Waals surface area contributed by atoms with Crippen LogP contribution < -0.4 is 5.32 Å². The van der Waals surface area contributed by atoms with Crippen LogP contribution in [0.3, 0.4) is 0 Å². The molecule has 0 bridgehead atoms. The van der Waals surface area contributed by atoms with Crippen LogP contribution >= 0.6 is 0 Å². The van der Waals surface area contributed by atoms with Crippen LogP contribution in [0.15, 0.2) is 97.2 Å². The zero-order valence-corrected chi connectivity index (χ0v) is 45.9. The first-order valence-corrected chi connectivity index (χ1v) is 29.5. The fraction of sp³-hybridized carbons (Fsp3) is 0.719. The Kier molecular flexibility index (Phi) is 54.1. The summed E-state index contributed by atoms with van der Waals surface area (Å²) in [4.78, 5) is 26.3. The second kappa shape index (κ2) is 56.7. The van der Waals surface area contributed by atoms with E-state index in [2.05, 4.69) is 117 Å². The summed E-state index contributed by atoms with van der Waals surface area (Å²) in [6.07, 6.45) is 76.2. The van der Waals surface area contributed by atoms with Crippen LogP contribution in [0, 0.1) is 0 Å². The van der Waals surface area contributed by atoms with Crippen molar-refractivity contribution >= 4 is 11.9 Å². The molecule has 70 heavy (non-hydrogen) atoms. The van der Waals surface area contributed by atoms with Crippen molar-refractivity contribution < 1.29 is 24.5 Å². The van der Waals surface area contributed by atoms with E-state index >= 15 is 0 Å². The lowest BCUT2D eigenvalue weighted by molar-refractivity contribution is -0.150. The Bertz CT molecular complexity index is 1370. The van der Waals surface area contributed by atoms with E-state index in [0.717, 1.165) is 89.9 Å². The van der Waals surface area contributed by atoms with Crippen molar-refractivity contribution in [3.63, 3.8) is 0 Å². The van der Waals surface area contributed by atoms with E-state index in [9.17, 15) is 19.8 Å². The molecule has 3 atom stereocenters. The van der Waals surface area contributed by atoms with Crippen molar-refractivity contribution in [2.75, 3.05) is 6.61 Å². The maximum atomic E-state index is 13.3. The molecule has 0 spiro atoms. The minimum absolute atomic E-state index is 0.0252. The van der Waals surface area contributed by atoms with Crippen LogP contribution in [-0.2, 0) is 14.3 Å². The Labute approximate surface area is 433 Å². The van der Waals surface area contributed by atoms with Gasteiger partial charge in [-0.05, 0) is 89.9 Å². The van der Waals surface area contributed by atoms with Gasteiger partial charge in [0.2, 0.25) is 5.91 Å². The average Bonchev–Trinajstić information content (AvgIpc) is 3.35. The Balaban J connectivity index is 4.72. The van der Waals surface area contributed by atoms with Gasteiger partial charge in [0, 0.05) is 6.42 Å². The Morgan fingerprint density at radius 1 is 0.443 bits per heavy atom. The summed E-state index contributed by atoms with van der Waals surface area (Å²) in [5.41, 5.74) is 0. The molecule has 0 radical (unpaired) electrons. The number of carbonyl (C=O) groups excluding carboxylic acids is 2. The predicted molar refractivity (Wildman–Crippen MR) is 305 cm³/mol. The number of aliphatic hydroxyl groups excluding tert-OH is 2. The van der Waals surface area contributed by atoms with Gasteiger partial charge in [-0.2, -0.15) is 0 Å². The number of allylic oxidation sites excluding steroid dienone is 16. The van der Waals surface area contributed by atoms with Crippen LogP contribution in [0.1, 0.15) is 271 Å². The molecule has 0 fully saturated rings. The summed E-state index contributed by atoms with van der Waals surface area (Å²) in [6, 6.07) is -0.732. The molecule has 0 aromatic rings. The van der Waals surface area contributed by atoms with Crippen molar-refractivity contribution in [1.29, 1.82) is 0 Å². The van der Waals surface area contributed by atoms with Gasteiger partial charge >= 0.3 is 5.97 Å². The molecule has 6 heteroatoms. The maximum Gasteiger partial charge on any atom is 0.306 e. The average molecular weight is 975 g/mol. The summed E-state index contributed by atoms with van der Waals surface area (Å²) < 4.78 is 5.91. The van der Waals surface area contributed by atoms with Gasteiger partial charge in [-0.25, -0.2) is 0 Å². The molecule has 0 aliphatic rings. The van der Waals surface area contributed by atoms with E-state index in [1.807, 2.05) is 6.08 Å². The fourth-order valence-electron chi connectivity index (χ4n) is 8.51. The van der Waals surface area contributed by atoms with E-state index in [1.165, 1.54) is 128 Å². The lowest BCUT2D eigenvalue weighted by Gasteiger charge is -2.24. The highest BCUT2D eigenvalue weighted by Crippen LogP contribution is 2.17. The minimum atomic E-state index is -0.814. The highest BCUT2D eigenvalue weighted by Gasteiger charge is 2.24. The maximum absolute atomic E-state index is 13.3. The number of esters is 1. The number of hydrogen-bond donors (Lipinski definition) is 3. The summed E-state index contributed by atoms with van der Waals surface area (Å²) >= 11 is 0. The van der Waals surface area contributed by atoms with Crippen LogP contribution in [0.5, 0.6) is 0 Å². The van der Waals surface area contributed by atoms with E-state index in [0.29, 0.717) is 19.3 Å². The van der Waals surface area contributed by atoms with E-state index in [4.69, 9.17) is 4.74 Å². The number of hydrogen-bond acceptors (Lipinski definition) is 5. The van der Waals surface area contributed by atoms with Gasteiger partial charge < -0.3 is 20.3 Å². The molecule has 0 heterocycles. The molecule has 1 amide bonds. The second-order valence-electron chi connectivity index (χ2n) is 19.7. The van der Waals surface area contributed by atoms with Gasteiger partial charge in [0.05, 0.1) is 25.2 Å². The molecule has 0 saturated heterocycles. The van der Waals surface area contributed by atoms with Gasteiger partial charge in [-0.3, -0.25) is 9.59 Å². The largest absolute Gasteiger partial charge is 0.462 e. The number of unbranched alkanes of at least 4 members (excludes halogenated alkanes) is 25. The topological polar surface area (TPSA) is 95.9 Å². The molecule has 402 valence electrons. The third-order valence-electron chi connectivity index (χ3n) is 12.9. The van der Waals surface area contributed by atoms with Crippen molar-refractivity contribution in [2.24, 2.45) is 0 Å². The number of amides is 1. The molecule has 0 rings (SSSR count). The predicted octanol–water partition coefficient (Wildman–Crippen LogP) is 18.5. The van der Waals surface area contributed by atoms with Crippen LogP contribution in [0.4, 0.5) is 0 Å². The first-order chi connectivity index (χ1) is 34.5. The summed E-state index contributed by atoms with van der Waals surface area (Å²) in [7, 11) is 0. The quantitative estimate of drug-likeness (QED) is 0.0244. The highest BCUT2D eigenvalue weighted by molar-refractivity contribution is 5.77. The monoisotopic (exact) mass is 974 g/mol. The molecule has 0 aromatic heterocycles. The third-order valence-corrected chi connectivity index (χ3v) is 12.9. The van der Waals surface area contributed by atoms with Gasteiger partial charge in [0.1, 0.15) is 6.10 Å². The third kappa shape index (κ3) is 51.1. The van der Waals surface area contributed by atoms with E-state index in [1.54, 1.807) is 0 Å². The van der Waals surface area contributed by atoms with Crippen LogP contribution in [0.2, 0.25) is 0 Å². The normalized spacial score (nSPS) is 13.8. The first-order valence-electron chi connectivity index (χ1n) is 29.5. The number of nitrogens with one attached hydrogen (secondary N) is 1. The molecular weight excluding hydrogens is 863 g/mol. The highest BCUT2D eigenvalue weighted by atomic mass is 16.5. The van der Waals surface area contributed by atoms with Gasteiger partial charge in [0.25, 0.3) is 0 Å². The number of ether oxygens (including phenoxy) is 1. The van der Waals surface area contributed by atoms with E-state index < -0.39 is 18.2 Å². The Hall–Kier alpha value is -3.22. The second-order valence-corrected chi connectivity index (χ2v) is 19.7. The van der Waals surface area contributed by atoms with Crippen LogP contribution in [0.25, 0.3) is 0 Å². The standard InChI is InChI=1S/C64H111NO5/c1-4-7-10-13-16-19-22-25-28-31-32-33-36-39-42-45-48-51-54-57-64(69)70-60(55-52-49-46-43-40-37-34-29-26-23-20-17-14-11-8-5-2)58-63(68)65-61(59-66)62(67)56-53-50-47-44-41-38-35-30-27-24-21-18-15-12-9-6-3/h7,10,16,19,25,28-29,32-34,37,39-40,42,48,51,60-62,66-67H,4-6,8-9,11-15,17-18,20-24,26-27,30-31,35-36,38,41,43-47,49-50,52-59H2,1-3H3,(H,65,68)/b10-7-,19-16-,28-25-,33-32-,34-29+,40-37+,42-39-,51-48-. The molecule has 0 aliphatic heterocycles. The van der Waals surface area contributed by atoms with Crippen molar-refractivity contribution in [2.45, 2.75) is 289 Å². The summed E-state index contributed by atoms with van der Waals surface area (Å²) in [5, 5.41) is 23.9. The number of carbonyl (C=O) groups is 2. The molecule has 0 aromatic carbocycles. The van der Waals surface area contributed by atoms with Crippen molar-refractivity contribution in [3.05, 3.63) is 97.2 Å². The van der Waals surface area contributed by atoms with Gasteiger partial charge in [-0.1, -0.05) is 266 Å². The zero-order valence-electron chi connectivity index (χ0n) is 45.9. The Morgan fingerprint density at radius 2 is 0.814 bits per heavy atom. The minimum Gasteiger partial charge on any atom is -0.462 e. The van der Waals surface area contributed by atoms with E-state index in [-0.39, 0.29) is 31.3 Å².